The van der Waals surface area contributed by atoms with Crippen molar-refractivity contribution in [2.24, 2.45) is 0 Å². The normalized spacial score (nSPS) is 15.8. The topological polar surface area (TPSA) is 58.6 Å². The van der Waals surface area contributed by atoms with Gasteiger partial charge in [0, 0.05) is 26.2 Å². The van der Waals surface area contributed by atoms with Crippen LogP contribution in [-0.2, 0) is 9.53 Å². The molecule has 1 N–H and O–H groups in total. The van der Waals surface area contributed by atoms with E-state index in [4.69, 9.17) is 16.3 Å². The molecule has 0 aromatic heterocycles. The summed E-state index contributed by atoms with van der Waals surface area (Å²) in [6, 6.07) is 7.15. The highest BCUT2D eigenvalue weighted by Gasteiger charge is 2.25. The van der Waals surface area contributed by atoms with Gasteiger partial charge in [-0.3, -0.25) is 9.59 Å². The minimum Gasteiger partial charge on any atom is -0.375 e. The smallest absolute Gasteiger partial charge is 0.255 e. The number of nitrogens with zero attached hydrogens (tertiary/aromatic N) is 1. The third-order valence-corrected chi connectivity index (χ3v) is 3.86. The van der Waals surface area contributed by atoms with Crippen molar-refractivity contribution in [1.82, 2.24) is 10.2 Å². The van der Waals surface area contributed by atoms with E-state index in [2.05, 4.69) is 5.32 Å². The van der Waals surface area contributed by atoms with Gasteiger partial charge in [0.2, 0.25) is 5.91 Å². The van der Waals surface area contributed by atoms with E-state index in [-0.39, 0.29) is 24.5 Å². The maximum absolute atomic E-state index is 12.4. The molecule has 6 heteroatoms. The number of rotatable bonds is 4. The van der Waals surface area contributed by atoms with Gasteiger partial charge >= 0.3 is 0 Å². The summed E-state index contributed by atoms with van der Waals surface area (Å²) in [6.45, 7) is 1.29. The molecular formula is C15H19ClN2O3. The summed E-state index contributed by atoms with van der Waals surface area (Å²) < 4.78 is 4.78. The number of ether oxygens (including phenoxy) is 1. The van der Waals surface area contributed by atoms with E-state index in [0.717, 1.165) is 12.8 Å². The van der Waals surface area contributed by atoms with Crippen LogP contribution in [0.25, 0.3) is 0 Å². The summed E-state index contributed by atoms with van der Waals surface area (Å²) in [5.41, 5.74) is 0.529. The molecule has 1 aliphatic rings. The summed E-state index contributed by atoms with van der Waals surface area (Å²) in [6.07, 6.45) is 1.48. The lowest BCUT2D eigenvalue weighted by Gasteiger charge is -2.32. The number of hydrogen-bond acceptors (Lipinski definition) is 3. The molecule has 1 aromatic rings. The average Bonchev–Trinajstić information content (AvgIpc) is 2.48. The Hall–Kier alpha value is -1.59. The van der Waals surface area contributed by atoms with Crippen molar-refractivity contribution in [2.45, 2.75) is 18.9 Å². The Balaban J connectivity index is 1.88. The largest absolute Gasteiger partial charge is 0.375 e. The first kappa shape index (κ1) is 15.8. The zero-order valence-electron chi connectivity index (χ0n) is 12.0. The molecule has 2 rings (SSSR count). The second-order valence-corrected chi connectivity index (χ2v) is 5.45. The maximum atomic E-state index is 12.4. The Bertz CT molecular complexity index is 513. The standard InChI is InChI=1S/C15H19ClN2O3/c1-21-10-14(19)17-11-6-8-18(9-7-11)15(20)12-4-2-3-5-13(12)16/h2-5,11H,6-10H2,1H3,(H,17,19). The number of amides is 2. The van der Waals surface area contributed by atoms with Crippen LogP contribution in [0.15, 0.2) is 24.3 Å². The predicted octanol–water partition coefficient (Wildman–Crippen LogP) is 1.71. The Morgan fingerprint density at radius 2 is 2.00 bits per heavy atom. The summed E-state index contributed by atoms with van der Waals surface area (Å²) in [5.74, 6) is -0.171. The van der Waals surface area contributed by atoms with E-state index >= 15 is 0 Å². The molecule has 5 nitrogen and oxygen atoms in total. The lowest BCUT2D eigenvalue weighted by molar-refractivity contribution is -0.125. The van der Waals surface area contributed by atoms with Crippen molar-refractivity contribution in [3.63, 3.8) is 0 Å². The van der Waals surface area contributed by atoms with Crippen molar-refractivity contribution in [2.75, 3.05) is 26.8 Å². The van der Waals surface area contributed by atoms with Crippen molar-refractivity contribution < 1.29 is 14.3 Å². The molecule has 114 valence electrons. The van der Waals surface area contributed by atoms with E-state index in [1.165, 1.54) is 7.11 Å². The van der Waals surface area contributed by atoms with Gasteiger partial charge in [-0.1, -0.05) is 23.7 Å². The molecule has 0 unspecified atom stereocenters. The molecular weight excluding hydrogens is 292 g/mol. The molecule has 1 fully saturated rings. The molecule has 0 atom stereocenters. The van der Waals surface area contributed by atoms with Gasteiger partial charge in [-0.05, 0) is 25.0 Å². The molecule has 0 bridgehead atoms. The first-order valence-corrected chi connectivity index (χ1v) is 7.31. The van der Waals surface area contributed by atoms with Crippen LogP contribution >= 0.6 is 11.6 Å². The second kappa shape index (κ2) is 7.43. The second-order valence-electron chi connectivity index (χ2n) is 5.05. The summed E-state index contributed by atoms with van der Waals surface area (Å²) in [7, 11) is 1.49. The Morgan fingerprint density at radius 3 is 2.62 bits per heavy atom. The lowest BCUT2D eigenvalue weighted by atomic mass is 10.0. The van der Waals surface area contributed by atoms with Gasteiger partial charge in [0.25, 0.3) is 5.91 Å². The molecule has 0 spiro atoms. The van der Waals surface area contributed by atoms with Crippen LogP contribution in [-0.4, -0.2) is 49.6 Å². The number of piperidine rings is 1. The number of halogens is 1. The number of benzene rings is 1. The van der Waals surface area contributed by atoms with Crippen LogP contribution in [0, 0.1) is 0 Å². The molecule has 1 saturated heterocycles. The first-order valence-electron chi connectivity index (χ1n) is 6.94. The molecule has 0 saturated carbocycles. The Kier molecular flexibility index (Phi) is 5.59. The predicted molar refractivity (Wildman–Crippen MR) is 80.4 cm³/mol. The minimum atomic E-state index is -0.117. The molecule has 1 aromatic carbocycles. The maximum Gasteiger partial charge on any atom is 0.255 e. The van der Waals surface area contributed by atoms with E-state index in [1.54, 1.807) is 29.2 Å². The van der Waals surface area contributed by atoms with Gasteiger partial charge in [0.05, 0.1) is 10.6 Å². The number of carbonyl (C=O) groups excluding carboxylic acids is 2. The summed E-state index contributed by atoms with van der Waals surface area (Å²) >= 11 is 6.05. The monoisotopic (exact) mass is 310 g/mol. The Labute approximate surface area is 129 Å². The fraction of sp³-hybridized carbons (Fsp3) is 0.467. The molecule has 1 aliphatic heterocycles. The zero-order chi connectivity index (χ0) is 15.2. The number of hydrogen-bond donors (Lipinski definition) is 1. The van der Waals surface area contributed by atoms with Crippen LogP contribution in [0.1, 0.15) is 23.2 Å². The average molecular weight is 311 g/mol. The quantitative estimate of drug-likeness (QED) is 0.921. The SMILES string of the molecule is COCC(=O)NC1CCN(C(=O)c2ccccc2Cl)CC1. The van der Waals surface area contributed by atoms with E-state index in [1.807, 2.05) is 0 Å². The van der Waals surface area contributed by atoms with Crippen molar-refractivity contribution in [3.05, 3.63) is 34.9 Å². The van der Waals surface area contributed by atoms with Gasteiger partial charge in [0.1, 0.15) is 6.61 Å². The van der Waals surface area contributed by atoms with Gasteiger partial charge in [-0.25, -0.2) is 0 Å². The van der Waals surface area contributed by atoms with Crippen LogP contribution in [0.3, 0.4) is 0 Å². The molecule has 0 aliphatic carbocycles. The Morgan fingerprint density at radius 1 is 1.33 bits per heavy atom. The van der Waals surface area contributed by atoms with E-state index < -0.39 is 0 Å². The number of nitrogens with one attached hydrogen (secondary N) is 1. The lowest BCUT2D eigenvalue weighted by Crippen LogP contribution is -2.47. The van der Waals surface area contributed by atoms with Gasteiger partial charge in [-0.2, -0.15) is 0 Å². The third kappa shape index (κ3) is 4.19. The van der Waals surface area contributed by atoms with E-state index in [0.29, 0.717) is 23.7 Å². The highest BCUT2D eigenvalue weighted by molar-refractivity contribution is 6.33. The van der Waals surface area contributed by atoms with Crippen molar-refractivity contribution in [3.8, 4) is 0 Å². The molecule has 21 heavy (non-hydrogen) atoms. The number of likely N-dealkylation sites (tertiary alicyclic amines) is 1. The fourth-order valence-electron chi connectivity index (χ4n) is 2.43. The van der Waals surface area contributed by atoms with Crippen LogP contribution in [0.5, 0.6) is 0 Å². The zero-order valence-corrected chi connectivity index (χ0v) is 12.7. The van der Waals surface area contributed by atoms with E-state index in [9.17, 15) is 9.59 Å². The highest BCUT2D eigenvalue weighted by atomic mass is 35.5. The number of methoxy groups -OCH3 is 1. The van der Waals surface area contributed by atoms with Crippen LogP contribution < -0.4 is 5.32 Å². The molecule has 0 radical (unpaired) electrons. The van der Waals surface area contributed by atoms with Crippen molar-refractivity contribution >= 4 is 23.4 Å². The first-order chi connectivity index (χ1) is 10.1. The fourth-order valence-corrected chi connectivity index (χ4v) is 2.65. The van der Waals surface area contributed by atoms with Crippen LogP contribution in [0.4, 0.5) is 0 Å². The van der Waals surface area contributed by atoms with Crippen LogP contribution in [0.2, 0.25) is 5.02 Å². The summed E-state index contributed by atoms with van der Waals surface area (Å²) in [5, 5.41) is 3.37. The van der Waals surface area contributed by atoms with Gasteiger partial charge < -0.3 is 15.0 Å². The highest BCUT2D eigenvalue weighted by Crippen LogP contribution is 2.19. The van der Waals surface area contributed by atoms with Crippen molar-refractivity contribution in [1.29, 1.82) is 0 Å². The minimum absolute atomic E-state index is 0.0535. The summed E-state index contributed by atoms with van der Waals surface area (Å²) in [4.78, 5) is 25.6. The van der Waals surface area contributed by atoms with Gasteiger partial charge in [-0.15, -0.1) is 0 Å². The van der Waals surface area contributed by atoms with Gasteiger partial charge in [0.15, 0.2) is 0 Å². The molecule has 2 amide bonds. The third-order valence-electron chi connectivity index (χ3n) is 3.53. The number of carbonyl (C=O) groups is 2. The molecule has 1 heterocycles.